The third-order valence-corrected chi connectivity index (χ3v) is 3.20. The predicted octanol–water partition coefficient (Wildman–Crippen LogP) is 0.451. The molecule has 0 aliphatic heterocycles. The van der Waals surface area contributed by atoms with Gasteiger partial charge in [0, 0.05) is 12.1 Å². The van der Waals surface area contributed by atoms with Crippen LogP contribution in [0.2, 0.25) is 0 Å². The number of benzene rings is 1. The Bertz CT molecular complexity index is 483. The Morgan fingerprint density at radius 1 is 1.38 bits per heavy atom. The summed E-state index contributed by atoms with van der Waals surface area (Å²) in [6.45, 7) is 2.05. The van der Waals surface area contributed by atoms with Gasteiger partial charge in [-0.1, -0.05) is 19.4 Å². The van der Waals surface area contributed by atoms with Gasteiger partial charge in [0.05, 0.1) is 0 Å². The second-order valence-corrected chi connectivity index (χ2v) is 5.13. The van der Waals surface area contributed by atoms with Crippen LogP contribution in [0.4, 0.5) is 0 Å². The van der Waals surface area contributed by atoms with E-state index in [2.05, 4.69) is 0 Å². The molecule has 16 heavy (non-hydrogen) atoms. The van der Waals surface area contributed by atoms with Gasteiger partial charge in [-0.25, -0.2) is 13.6 Å². The first-order chi connectivity index (χ1) is 7.40. The molecule has 0 amide bonds. The molecule has 0 atom stereocenters. The monoisotopic (exact) mass is 244 g/mol. The molecule has 0 bridgehead atoms. The number of phenols is 1. The van der Waals surface area contributed by atoms with E-state index in [0.29, 0.717) is 5.56 Å². The van der Waals surface area contributed by atoms with E-state index in [1.165, 1.54) is 6.07 Å². The number of aromatic hydroxyl groups is 1. The van der Waals surface area contributed by atoms with E-state index in [4.69, 9.17) is 10.9 Å². The van der Waals surface area contributed by atoms with Crippen molar-refractivity contribution in [3.63, 3.8) is 0 Å². The lowest BCUT2D eigenvalue weighted by Crippen LogP contribution is -2.14. The first kappa shape index (κ1) is 13.0. The molecule has 0 saturated carbocycles. The smallest absolute Gasteiger partial charge is 0.241 e. The second kappa shape index (κ2) is 4.82. The Morgan fingerprint density at radius 2 is 2.00 bits per heavy atom. The zero-order valence-corrected chi connectivity index (χ0v) is 9.92. The van der Waals surface area contributed by atoms with Gasteiger partial charge in [-0.15, -0.1) is 0 Å². The van der Waals surface area contributed by atoms with Gasteiger partial charge in [-0.3, -0.25) is 0 Å². The third-order valence-electron chi connectivity index (χ3n) is 2.28. The molecule has 0 aliphatic carbocycles. The van der Waals surface area contributed by atoms with Gasteiger partial charge in [-0.05, 0) is 18.1 Å². The van der Waals surface area contributed by atoms with Crippen molar-refractivity contribution in [1.29, 1.82) is 0 Å². The largest absolute Gasteiger partial charge is 0.506 e. The van der Waals surface area contributed by atoms with Crippen LogP contribution in [0.3, 0.4) is 0 Å². The minimum Gasteiger partial charge on any atom is -0.506 e. The Hall–Kier alpha value is -1.11. The summed E-state index contributed by atoms with van der Waals surface area (Å²) in [5.74, 6) is -0.343. The molecule has 0 aromatic heterocycles. The maximum atomic E-state index is 11.3. The van der Waals surface area contributed by atoms with Crippen LogP contribution in [0.5, 0.6) is 5.75 Å². The highest BCUT2D eigenvalue weighted by atomic mass is 32.2. The SMILES string of the molecule is CCCc1cc(CN)c(O)c(S(N)(=O)=O)c1. The molecule has 0 heterocycles. The summed E-state index contributed by atoms with van der Waals surface area (Å²) in [6, 6.07) is 3.10. The molecule has 0 aliphatic rings. The zero-order valence-electron chi connectivity index (χ0n) is 9.10. The summed E-state index contributed by atoms with van der Waals surface area (Å²) in [5.41, 5.74) is 6.64. The Labute approximate surface area is 95.1 Å². The quantitative estimate of drug-likeness (QED) is 0.714. The van der Waals surface area contributed by atoms with Gasteiger partial charge < -0.3 is 10.8 Å². The number of sulfonamides is 1. The molecule has 1 rings (SSSR count). The highest BCUT2D eigenvalue weighted by molar-refractivity contribution is 7.89. The fourth-order valence-corrected chi connectivity index (χ4v) is 2.25. The lowest BCUT2D eigenvalue weighted by atomic mass is 10.1. The van der Waals surface area contributed by atoms with Crippen LogP contribution in [0.1, 0.15) is 24.5 Å². The van der Waals surface area contributed by atoms with Crippen LogP contribution >= 0.6 is 0 Å². The highest BCUT2D eigenvalue weighted by Gasteiger charge is 2.17. The number of primary sulfonamides is 1. The van der Waals surface area contributed by atoms with E-state index in [1.807, 2.05) is 6.92 Å². The Balaban J connectivity index is 3.42. The number of rotatable bonds is 4. The van der Waals surface area contributed by atoms with Crippen LogP contribution in [0.15, 0.2) is 17.0 Å². The molecule has 5 nitrogen and oxygen atoms in total. The molecular formula is C10H16N2O3S. The van der Waals surface area contributed by atoms with Crippen molar-refractivity contribution in [1.82, 2.24) is 0 Å². The van der Waals surface area contributed by atoms with E-state index in [1.54, 1.807) is 6.07 Å². The topological polar surface area (TPSA) is 106 Å². The number of hydrogen-bond acceptors (Lipinski definition) is 4. The van der Waals surface area contributed by atoms with E-state index >= 15 is 0 Å². The molecule has 1 aromatic rings. The van der Waals surface area contributed by atoms with E-state index in [0.717, 1.165) is 18.4 Å². The Kier molecular flexibility index (Phi) is 3.90. The van der Waals surface area contributed by atoms with Crippen LogP contribution in [-0.4, -0.2) is 13.5 Å². The van der Waals surface area contributed by atoms with Crippen LogP contribution in [0, 0.1) is 0 Å². The van der Waals surface area contributed by atoms with Gasteiger partial charge >= 0.3 is 0 Å². The summed E-state index contributed by atoms with van der Waals surface area (Å²) in [6.07, 6.45) is 1.59. The minimum absolute atomic E-state index is 0.0753. The molecule has 0 radical (unpaired) electrons. The average molecular weight is 244 g/mol. The molecule has 90 valence electrons. The van der Waals surface area contributed by atoms with Crippen molar-refractivity contribution in [3.8, 4) is 5.75 Å². The van der Waals surface area contributed by atoms with Crippen molar-refractivity contribution in [3.05, 3.63) is 23.3 Å². The van der Waals surface area contributed by atoms with Crippen molar-refractivity contribution in [2.24, 2.45) is 10.9 Å². The van der Waals surface area contributed by atoms with Crippen LogP contribution in [0.25, 0.3) is 0 Å². The Morgan fingerprint density at radius 3 is 2.44 bits per heavy atom. The summed E-state index contributed by atoms with van der Waals surface area (Å²) in [7, 11) is -3.91. The van der Waals surface area contributed by atoms with Crippen LogP contribution in [-0.2, 0) is 23.0 Å². The van der Waals surface area contributed by atoms with E-state index < -0.39 is 10.0 Å². The summed E-state index contributed by atoms with van der Waals surface area (Å²) < 4.78 is 22.5. The van der Waals surface area contributed by atoms with Gasteiger partial charge in [0.1, 0.15) is 10.6 Å². The van der Waals surface area contributed by atoms with Gasteiger partial charge in [0.25, 0.3) is 0 Å². The maximum absolute atomic E-state index is 11.3. The minimum atomic E-state index is -3.91. The predicted molar refractivity (Wildman–Crippen MR) is 61.4 cm³/mol. The molecule has 0 saturated heterocycles. The van der Waals surface area contributed by atoms with Crippen molar-refractivity contribution < 1.29 is 13.5 Å². The van der Waals surface area contributed by atoms with Crippen molar-refractivity contribution >= 4 is 10.0 Å². The number of nitrogens with two attached hydrogens (primary N) is 2. The maximum Gasteiger partial charge on any atom is 0.241 e. The molecule has 5 N–H and O–H groups in total. The van der Waals surface area contributed by atoms with Crippen molar-refractivity contribution in [2.75, 3.05) is 0 Å². The lowest BCUT2D eigenvalue weighted by molar-refractivity contribution is 0.451. The summed E-state index contributed by atoms with van der Waals surface area (Å²) in [5, 5.41) is 14.7. The van der Waals surface area contributed by atoms with Gasteiger partial charge in [0.15, 0.2) is 0 Å². The molecule has 0 fully saturated rings. The molecule has 0 spiro atoms. The van der Waals surface area contributed by atoms with E-state index in [-0.39, 0.29) is 17.2 Å². The number of hydrogen-bond donors (Lipinski definition) is 3. The normalized spacial score (nSPS) is 11.7. The molecule has 0 unspecified atom stereocenters. The fraction of sp³-hybridized carbons (Fsp3) is 0.400. The third kappa shape index (κ3) is 2.72. The first-order valence-corrected chi connectivity index (χ1v) is 6.52. The lowest BCUT2D eigenvalue weighted by Gasteiger charge is -2.10. The summed E-state index contributed by atoms with van der Waals surface area (Å²) in [4.78, 5) is -0.251. The standard InChI is InChI=1S/C10H16N2O3S/c1-2-3-7-4-8(6-11)10(13)9(5-7)16(12,14)15/h4-5,13H,2-3,6,11H2,1H3,(H2,12,14,15). The highest BCUT2D eigenvalue weighted by Crippen LogP contribution is 2.28. The molecular weight excluding hydrogens is 228 g/mol. The number of aryl methyl sites for hydroxylation is 1. The van der Waals surface area contributed by atoms with Gasteiger partial charge in [-0.2, -0.15) is 0 Å². The zero-order chi connectivity index (χ0) is 12.3. The second-order valence-electron chi connectivity index (χ2n) is 3.60. The average Bonchev–Trinajstić information content (AvgIpc) is 2.19. The van der Waals surface area contributed by atoms with E-state index in [9.17, 15) is 13.5 Å². The summed E-state index contributed by atoms with van der Waals surface area (Å²) >= 11 is 0. The molecule has 1 aromatic carbocycles. The fourth-order valence-electron chi connectivity index (χ4n) is 1.53. The molecule has 6 heteroatoms. The van der Waals surface area contributed by atoms with Gasteiger partial charge in [0.2, 0.25) is 10.0 Å². The first-order valence-electron chi connectivity index (χ1n) is 4.97. The van der Waals surface area contributed by atoms with Crippen LogP contribution < -0.4 is 10.9 Å². The van der Waals surface area contributed by atoms with Crippen molar-refractivity contribution in [2.45, 2.75) is 31.2 Å². The number of phenolic OH excluding ortho intramolecular Hbond substituents is 1.